The summed E-state index contributed by atoms with van der Waals surface area (Å²) in [6.45, 7) is 5.31. The van der Waals surface area contributed by atoms with Crippen molar-refractivity contribution in [2.45, 2.75) is 26.3 Å². The molecule has 1 aromatic rings. The largest absolute Gasteiger partial charge is 0.396 e. The fraction of sp³-hybridized carbons (Fsp3) is 0.538. The van der Waals surface area contributed by atoms with Crippen LogP contribution in [-0.2, 0) is 0 Å². The van der Waals surface area contributed by atoms with Crippen LogP contribution in [0, 0.1) is 5.92 Å². The number of hydrogen-bond acceptors (Lipinski definition) is 2. The van der Waals surface area contributed by atoms with E-state index in [-0.39, 0.29) is 6.61 Å². The molecule has 0 heterocycles. The van der Waals surface area contributed by atoms with E-state index < -0.39 is 0 Å². The highest BCUT2D eigenvalue weighted by Crippen LogP contribution is 2.19. The first-order chi connectivity index (χ1) is 7.67. The first kappa shape index (κ1) is 13.7. The summed E-state index contributed by atoms with van der Waals surface area (Å²) in [4.78, 5) is 0. The molecule has 0 aliphatic heterocycles. The van der Waals surface area contributed by atoms with Crippen LogP contribution in [0.25, 0.3) is 0 Å². The van der Waals surface area contributed by atoms with Crippen molar-refractivity contribution < 1.29 is 5.11 Å². The van der Waals surface area contributed by atoms with Crippen molar-refractivity contribution in [1.29, 1.82) is 0 Å². The highest BCUT2D eigenvalue weighted by molar-refractivity contribution is 9.10. The molecule has 1 aromatic carbocycles. The lowest BCUT2D eigenvalue weighted by Crippen LogP contribution is -2.27. The van der Waals surface area contributed by atoms with E-state index in [0.717, 1.165) is 17.4 Å². The summed E-state index contributed by atoms with van der Waals surface area (Å²) < 4.78 is 1.11. The molecule has 1 rings (SSSR count). The first-order valence-corrected chi connectivity index (χ1v) is 6.56. The van der Waals surface area contributed by atoms with E-state index in [4.69, 9.17) is 5.11 Å². The Morgan fingerprint density at radius 2 is 1.94 bits per heavy atom. The molecule has 0 aromatic heterocycles. The maximum absolute atomic E-state index is 8.98. The molecule has 3 heteroatoms. The summed E-state index contributed by atoms with van der Waals surface area (Å²) >= 11 is 3.44. The maximum Gasteiger partial charge on any atom is 0.0468 e. The summed E-state index contributed by atoms with van der Waals surface area (Å²) in [6, 6.07) is 8.77. The minimum atomic E-state index is 0.240. The molecular formula is C13H20BrNO. The zero-order valence-electron chi connectivity index (χ0n) is 9.91. The highest BCUT2D eigenvalue weighted by Gasteiger charge is 2.09. The molecule has 0 radical (unpaired) electrons. The minimum absolute atomic E-state index is 0.240. The van der Waals surface area contributed by atoms with Crippen molar-refractivity contribution in [3.63, 3.8) is 0 Å². The van der Waals surface area contributed by atoms with Gasteiger partial charge in [0.2, 0.25) is 0 Å². The number of aliphatic hydroxyl groups excluding tert-OH is 1. The number of benzene rings is 1. The zero-order valence-corrected chi connectivity index (χ0v) is 11.5. The number of halogens is 1. The van der Waals surface area contributed by atoms with E-state index in [9.17, 15) is 0 Å². The fourth-order valence-electron chi connectivity index (χ4n) is 1.60. The lowest BCUT2D eigenvalue weighted by atomic mass is 10.0. The molecule has 0 spiro atoms. The Labute approximate surface area is 106 Å². The van der Waals surface area contributed by atoms with Crippen LogP contribution < -0.4 is 5.32 Å². The molecule has 0 saturated heterocycles. The third-order valence-corrected chi connectivity index (χ3v) is 3.23. The van der Waals surface area contributed by atoms with Crippen LogP contribution in [0.2, 0.25) is 0 Å². The molecule has 0 fully saturated rings. The quantitative estimate of drug-likeness (QED) is 0.842. The fourth-order valence-corrected chi connectivity index (χ4v) is 1.87. The first-order valence-electron chi connectivity index (χ1n) is 5.77. The van der Waals surface area contributed by atoms with Crippen LogP contribution in [0.3, 0.4) is 0 Å². The van der Waals surface area contributed by atoms with Crippen LogP contribution in [0.1, 0.15) is 31.9 Å². The topological polar surface area (TPSA) is 32.3 Å². The van der Waals surface area contributed by atoms with Gasteiger partial charge in [-0.2, -0.15) is 0 Å². The van der Waals surface area contributed by atoms with E-state index in [2.05, 4.69) is 52.4 Å². The molecule has 2 nitrogen and oxygen atoms in total. The summed E-state index contributed by atoms with van der Waals surface area (Å²) in [7, 11) is 0. The third-order valence-electron chi connectivity index (χ3n) is 2.71. The Morgan fingerprint density at radius 3 is 2.44 bits per heavy atom. The van der Waals surface area contributed by atoms with E-state index in [0.29, 0.717) is 12.0 Å². The monoisotopic (exact) mass is 285 g/mol. The Hall–Kier alpha value is -0.380. The predicted molar refractivity (Wildman–Crippen MR) is 71.4 cm³/mol. The number of aliphatic hydroxyl groups is 1. The van der Waals surface area contributed by atoms with Gasteiger partial charge in [0.1, 0.15) is 0 Å². The Balaban J connectivity index is 2.57. The van der Waals surface area contributed by atoms with E-state index in [1.54, 1.807) is 0 Å². The van der Waals surface area contributed by atoms with Crippen molar-refractivity contribution in [2.75, 3.05) is 13.2 Å². The van der Waals surface area contributed by atoms with Gasteiger partial charge in [0.25, 0.3) is 0 Å². The minimum Gasteiger partial charge on any atom is -0.396 e. The number of rotatable bonds is 6. The van der Waals surface area contributed by atoms with Gasteiger partial charge in [0, 0.05) is 23.7 Å². The molecule has 2 unspecified atom stereocenters. The Kier molecular flexibility index (Phi) is 6.03. The van der Waals surface area contributed by atoms with Crippen molar-refractivity contribution >= 4 is 15.9 Å². The average molecular weight is 286 g/mol. The molecule has 0 aliphatic carbocycles. The second kappa shape index (κ2) is 7.05. The van der Waals surface area contributed by atoms with Crippen LogP contribution in [0.15, 0.2) is 28.7 Å². The van der Waals surface area contributed by atoms with Gasteiger partial charge in [-0.05, 0) is 30.0 Å². The molecule has 0 amide bonds. The molecular weight excluding hydrogens is 266 g/mol. The molecule has 16 heavy (non-hydrogen) atoms. The number of nitrogens with one attached hydrogen (secondary N) is 1. The van der Waals surface area contributed by atoms with Crippen molar-refractivity contribution in [2.24, 2.45) is 5.92 Å². The Bertz CT molecular complexity index is 299. The predicted octanol–water partition coefficient (Wildman–Crippen LogP) is 3.12. The van der Waals surface area contributed by atoms with Crippen LogP contribution >= 0.6 is 15.9 Å². The number of hydrogen-bond donors (Lipinski definition) is 2. The summed E-state index contributed by atoms with van der Waals surface area (Å²) in [5.41, 5.74) is 1.30. The van der Waals surface area contributed by atoms with Crippen LogP contribution in [-0.4, -0.2) is 18.3 Å². The van der Waals surface area contributed by atoms with Crippen molar-refractivity contribution in [3.8, 4) is 0 Å². The van der Waals surface area contributed by atoms with Gasteiger partial charge < -0.3 is 10.4 Å². The van der Waals surface area contributed by atoms with Gasteiger partial charge in [-0.1, -0.05) is 41.9 Å². The molecule has 90 valence electrons. The van der Waals surface area contributed by atoms with E-state index in [1.807, 2.05) is 6.92 Å². The van der Waals surface area contributed by atoms with Crippen LogP contribution in [0.5, 0.6) is 0 Å². The van der Waals surface area contributed by atoms with E-state index >= 15 is 0 Å². The van der Waals surface area contributed by atoms with Crippen molar-refractivity contribution in [3.05, 3.63) is 34.3 Å². The van der Waals surface area contributed by atoms with Gasteiger partial charge in [-0.15, -0.1) is 0 Å². The molecule has 2 atom stereocenters. The van der Waals surface area contributed by atoms with Crippen LogP contribution in [0.4, 0.5) is 0 Å². The second-order valence-corrected chi connectivity index (χ2v) is 5.12. The smallest absolute Gasteiger partial charge is 0.0468 e. The Morgan fingerprint density at radius 1 is 1.31 bits per heavy atom. The maximum atomic E-state index is 8.98. The molecule has 2 N–H and O–H groups in total. The van der Waals surface area contributed by atoms with Crippen molar-refractivity contribution in [1.82, 2.24) is 5.32 Å². The van der Waals surface area contributed by atoms with Gasteiger partial charge in [-0.3, -0.25) is 0 Å². The summed E-state index contributed by atoms with van der Waals surface area (Å²) in [6.07, 6.45) is 1.06. The second-order valence-electron chi connectivity index (χ2n) is 4.21. The van der Waals surface area contributed by atoms with Gasteiger partial charge in [-0.25, -0.2) is 0 Å². The lowest BCUT2D eigenvalue weighted by molar-refractivity contribution is 0.229. The summed E-state index contributed by atoms with van der Waals surface area (Å²) in [5, 5.41) is 12.5. The molecule has 0 aliphatic rings. The standard InChI is InChI=1S/C13H20BrNO/c1-3-13(15-8-10(2)9-16)11-4-6-12(14)7-5-11/h4-7,10,13,15-16H,3,8-9H2,1-2H3. The SMILES string of the molecule is CCC(NCC(C)CO)c1ccc(Br)cc1. The molecule has 0 saturated carbocycles. The van der Waals surface area contributed by atoms with Gasteiger partial charge in [0.05, 0.1) is 0 Å². The van der Waals surface area contributed by atoms with Gasteiger partial charge in [0.15, 0.2) is 0 Å². The lowest BCUT2D eigenvalue weighted by Gasteiger charge is -2.19. The molecule has 0 bridgehead atoms. The third kappa shape index (κ3) is 4.24. The average Bonchev–Trinajstić information content (AvgIpc) is 2.31. The zero-order chi connectivity index (χ0) is 12.0. The van der Waals surface area contributed by atoms with E-state index in [1.165, 1.54) is 5.56 Å². The summed E-state index contributed by atoms with van der Waals surface area (Å²) in [5.74, 6) is 0.310. The van der Waals surface area contributed by atoms with Gasteiger partial charge >= 0.3 is 0 Å². The normalized spacial score (nSPS) is 14.8. The highest BCUT2D eigenvalue weighted by atomic mass is 79.9.